The summed E-state index contributed by atoms with van der Waals surface area (Å²) in [5.41, 5.74) is 9.26. The third-order valence-corrected chi connectivity index (χ3v) is 6.84. The first-order valence-corrected chi connectivity index (χ1v) is 12.7. The van der Waals surface area contributed by atoms with Gasteiger partial charge in [-0.1, -0.05) is 23.2 Å². The van der Waals surface area contributed by atoms with Gasteiger partial charge < -0.3 is 35.5 Å². The Morgan fingerprint density at radius 1 is 1.22 bits per heavy atom. The van der Waals surface area contributed by atoms with Crippen molar-refractivity contribution in [2.45, 2.75) is 19.5 Å². The topological polar surface area (TPSA) is 148 Å². The van der Waals surface area contributed by atoms with Gasteiger partial charge in [0.25, 0.3) is 0 Å². The van der Waals surface area contributed by atoms with Gasteiger partial charge in [-0.15, -0.1) is 0 Å². The van der Waals surface area contributed by atoms with Crippen molar-refractivity contribution in [3.05, 3.63) is 39.6 Å². The van der Waals surface area contributed by atoms with Gasteiger partial charge in [0, 0.05) is 61.0 Å². The maximum atomic E-state index is 12.4. The summed E-state index contributed by atoms with van der Waals surface area (Å²) in [6.07, 6.45) is 2.32. The molecule has 0 fully saturated rings. The second-order valence-corrected chi connectivity index (χ2v) is 9.32. The van der Waals surface area contributed by atoms with Gasteiger partial charge in [-0.3, -0.25) is 14.3 Å². The van der Waals surface area contributed by atoms with Gasteiger partial charge in [0.2, 0.25) is 11.8 Å². The van der Waals surface area contributed by atoms with E-state index in [0.29, 0.717) is 80.3 Å². The van der Waals surface area contributed by atoms with E-state index < -0.39 is 6.61 Å². The van der Waals surface area contributed by atoms with Crippen LogP contribution in [-0.2, 0) is 38.6 Å². The van der Waals surface area contributed by atoms with E-state index >= 15 is 0 Å². The molecule has 200 valence electrons. The first-order valence-electron chi connectivity index (χ1n) is 12.0. The van der Waals surface area contributed by atoms with E-state index in [1.165, 1.54) is 0 Å². The highest BCUT2D eigenvalue weighted by atomic mass is 35.5. The Bertz CT molecular complexity index is 1260. The zero-order valence-electron chi connectivity index (χ0n) is 20.3. The molecule has 0 saturated carbocycles. The van der Waals surface area contributed by atoms with Gasteiger partial charge in [-0.2, -0.15) is 5.10 Å². The van der Waals surface area contributed by atoms with Crippen LogP contribution in [0.3, 0.4) is 0 Å². The summed E-state index contributed by atoms with van der Waals surface area (Å²) >= 11 is 13.0. The quantitative estimate of drug-likeness (QED) is 0.247. The van der Waals surface area contributed by atoms with Gasteiger partial charge >= 0.3 is 0 Å². The summed E-state index contributed by atoms with van der Waals surface area (Å²) < 4.78 is 12.2. The van der Waals surface area contributed by atoms with Gasteiger partial charge in [0.1, 0.15) is 13.2 Å². The van der Waals surface area contributed by atoms with Gasteiger partial charge in [-0.25, -0.2) is 0 Å². The van der Waals surface area contributed by atoms with Gasteiger partial charge in [0.15, 0.2) is 0 Å². The minimum atomic E-state index is -0.543. The maximum Gasteiger partial charge on any atom is 0.248 e. The van der Waals surface area contributed by atoms with E-state index in [2.05, 4.69) is 15.4 Å². The molecular formula is C24H30Cl2N6O5. The number of hydrogen-bond donors (Lipinski definition) is 4. The Hall–Kier alpha value is -2.67. The van der Waals surface area contributed by atoms with Crippen molar-refractivity contribution in [3.8, 4) is 11.3 Å². The smallest absolute Gasteiger partial charge is 0.248 e. The number of ether oxygens (including phenoxy) is 2. The third-order valence-electron chi connectivity index (χ3n) is 6.06. The molecular weight excluding hydrogens is 523 g/mol. The number of rotatable bonds is 12. The van der Waals surface area contributed by atoms with Crippen LogP contribution in [-0.4, -0.2) is 89.3 Å². The summed E-state index contributed by atoms with van der Waals surface area (Å²) in [4.78, 5) is 29.5. The number of nitrogens with one attached hydrogen (secondary N) is 2. The van der Waals surface area contributed by atoms with Gasteiger partial charge in [-0.05, 0) is 12.1 Å². The number of aromatic amines is 1. The molecule has 3 heterocycles. The Balaban J connectivity index is 1.45. The summed E-state index contributed by atoms with van der Waals surface area (Å²) in [5, 5.41) is 18.3. The predicted octanol–water partition coefficient (Wildman–Crippen LogP) is 1.32. The molecule has 2 aromatic heterocycles. The number of amides is 2. The number of nitrogens with zero attached hydrogens (tertiary/aromatic N) is 3. The van der Waals surface area contributed by atoms with Crippen molar-refractivity contribution < 1.29 is 24.2 Å². The van der Waals surface area contributed by atoms with Crippen LogP contribution >= 0.6 is 23.2 Å². The van der Waals surface area contributed by atoms with E-state index in [0.717, 1.165) is 22.2 Å². The van der Waals surface area contributed by atoms with Crippen LogP contribution in [0.2, 0.25) is 10.0 Å². The van der Waals surface area contributed by atoms with Crippen molar-refractivity contribution in [3.63, 3.8) is 0 Å². The normalized spacial score (nSPS) is 13.2. The monoisotopic (exact) mass is 552 g/mol. The molecule has 11 nitrogen and oxygen atoms in total. The molecule has 4 rings (SSSR count). The second kappa shape index (κ2) is 12.7. The van der Waals surface area contributed by atoms with Crippen LogP contribution in [0.1, 0.15) is 11.3 Å². The summed E-state index contributed by atoms with van der Waals surface area (Å²) in [6.45, 7) is 2.93. The summed E-state index contributed by atoms with van der Waals surface area (Å²) in [7, 11) is 0. The SMILES string of the molecule is NCCOCCOCCNC(=O)Cn1ccc(-c2cc(Cl)c(Cl)c3[nH]c4c(c23)CN(C(=O)CO)CC4)n1. The number of aliphatic hydroxyl groups is 1. The molecule has 0 spiro atoms. The molecule has 0 radical (unpaired) electrons. The number of aliphatic hydroxyl groups excluding tert-OH is 1. The number of fused-ring (bicyclic) bond motifs is 3. The number of H-pyrrole nitrogens is 1. The molecule has 1 aromatic carbocycles. The highest BCUT2D eigenvalue weighted by molar-refractivity contribution is 6.45. The fourth-order valence-electron chi connectivity index (χ4n) is 4.32. The van der Waals surface area contributed by atoms with E-state index in [-0.39, 0.29) is 18.4 Å². The lowest BCUT2D eigenvalue weighted by molar-refractivity contribution is -0.135. The Morgan fingerprint density at radius 2 is 2.00 bits per heavy atom. The minimum absolute atomic E-state index is 0.0358. The summed E-state index contributed by atoms with van der Waals surface area (Å²) in [5.74, 6) is -0.531. The number of halogens is 2. The van der Waals surface area contributed by atoms with Crippen molar-refractivity contribution >= 4 is 45.9 Å². The van der Waals surface area contributed by atoms with E-state index in [4.69, 9.17) is 38.4 Å². The second-order valence-electron chi connectivity index (χ2n) is 8.54. The fraction of sp³-hybridized carbons (Fsp3) is 0.458. The Morgan fingerprint density at radius 3 is 2.76 bits per heavy atom. The average Bonchev–Trinajstić information content (AvgIpc) is 3.52. The lowest BCUT2D eigenvalue weighted by Crippen LogP contribution is -2.37. The van der Waals surface area contributed by atoms with Crippen molar-refractivity contribution in [2.75, 3.05) is 52.7 Å². The third kappa shape index (κ3) is 6.43. The number of hydrogen-bond acceptors (Lipinski definition) is 7. The molecule has 0 bridgehead atoms. The molecule has 0 saturated heterocycles. The van der Waals surface area contributed by atoms with Crippen molar-refractivity contribution in [2.24, 2.45) is 5.73 Å². The van der Waals surface area contributed by atoms with Crippen LogP contribution in [0.25, 0.3) is 22.2 Å². The lowest BCUT2D eigenvalue weighted by atomic mass is 9.99. The number of carbonyl (C=O) groups is 2. The Labute approximate surface area is 223 Å². The molecule has 13 heteroatoms. The molecule has 0 aliphatic carbocycles. The predicted molar refractivity (Wildman–Crippen MR) is 139 cm³/mol. The first kappa shape index (κ1) is 27.4. The number of carbonyl (C=O) groups excluding carboxylic acids is 2. The minimum Gasteiger partial charge on any atom is -0.387 e. The van der Waals surface area contributed by atoms with E-state index in [1.54, 1.807) is 27.9 Å². The average molecular weight is 553 g/mol. The molecule has 0 unspecified atom stereocenters. The summed E-state index contributed by atoms with van der Waals surface area (Å²) in [6, 6.07) is 3.55. The lowest BCUT2D eigenvalue weighted by Gasteiger charge is -2.26. The largest absolute Gasteiger partial charge is 0.387 e. The standard InChI is InChI=1S/C24H30Cl2N6O5/c25-17-11-15(22-16-12-31(21(35)14-33)5-1-18(16)29-24(22)23(17)26)19-2-6-32(30-19)13-20(34)28-4-8-37-10-9-36-7-3-27/h2,6,11,29,33H,1,3-5,7-10,12-14,27H2,(H,28,34). The van der Waals surface area contributed by atoms with Crippen LogP contribution in [0.4, 0.5) is 0 Å². The van der Waals surface area contributed by atoms with Crippen LogP contribution in [0, 0.1) is 0 Å². The molecule has 37 heavy (non-hydrogen) atoms. The fourth-order valence-corrected chi connectivity index (χ4v) is 4.72. The number of benzene rings is 1. The van der Waals surface area contributed by atoms with Crippen molar-refractivity contribution in [1.29, 1.82) is 0 Å². The van der Waals surface area contributed by atoms with E-state index in [1.807, 2.05) is 0 Å². The number of aromatic nitrogens is 3. The van der Waals surface area contributed by atoms with E-state index in [9.17, 15) is 14.7 Å². The molecule has 0 atom stereocenters. The molecule has 3 aromatic rings. The van der Waals surface area contributed by atoms with Crippen molar-refractivity contribution in [1.82, 2.24) is 25.0 Å². The van der Waals surface area contributed by atoms with Crippen LogP contribution in [0.5, 0.6) is 0 Å². The number of nitrogens with two attached hydrogens (primary N) is 1. The van der Waals surface area contributed by atoms with Crippen LogP contribution < -0.4 is 11.1 Å². The Kier molecular flexibility index (Phi) is 9.41. The molecule has 1 aliphatic rings. The molecule has 5 N–H and O–H groups in total. The van der Waals surface area contributed by atoms with Crippen LogP contribution in [0.15, 0.2) is 18.3 Å². The highest BCUT2D eigenvalue weighted by Gasteiger charge is 2.27. The first-order chi connectivity index (χ1) is 17.9. The zero-order chi connectivity index (χ0) is 26.4. The maximum absolute atomic E-state index is 12.4. The molecule has 1 aliphatic heterocycles. The zero-order valence-corrected chi connectivity index (χ0v) is 21.8. The molecule has 2 amide bonds. The highest BCUT2D eigenvalue weighted by Crippen LogP contribution is 2.41. The van der Waals surface area contributed by atoms with Gasteiger partial charge in [0.05, 0.1) is 47.7 Å².